The van der Waals surface area contributed by atoms with Crippen LogP contribution in [0.25, 0.3) is 5.69 Å². The molecule has 0 radical (unpaired) electrons. The molecule has 0 bridgehead atoms. The first kappa shape index (κ1) is 13.4. The van der Waals surface area contributed by atoms with Crippen LogP contribution in [0.2, 0.25) is 0 Å². The first-order valence-electron chi connectivity index (χ1n) is 5.51. The summed E-state index contributed by atoms with van der Waals surface area (Å²) < 4.78 is 13.9. The van der Waals surface area contributed by atoms with Crippen LogP contribution in [0.1, 0.15) is 22.8 Å². The number of halogens is 1. The highest BCUT2D eigenvalue weighted by Crippen LogP contribution is 2.11. The number of Topliss-reactive ketones (excluding diaryl/α,β-unsaturated/α-hetero) is 1. The Kier molecular flexibility index (Phi) is 3.31. The second-order valence-electron chi connectivity index (χ2n) is 3.98. The van der Waals surface area contributed by atoms with Gasteiger partial charge in [0.2, 0.25) is 0 Å². The Morgan fingerprint density at radius 1 is 1.40 bits per heavy atom. The van der Waals surface area contributed by atoms with E-state index in [1.54, 1.807) is 6.07 Å². The second-order valence-corrected chi connectivity index (χ2v) is 3.98. The maximum absolute atomic E-state index is 13.2. The molecule has 2 aromatic rings. The number of H-pyrrole nitrogens is 1. The summed E-state index contributed by atoms with van der Waals surface area (Å²) in [5.41, 5.74) is -2.10. The van der Waals surface area contributed by atoms with Gasteiger partial charge >= 0.3 is 5.69 Å². The molecule has 100 valence electrons. The monoisotopic (exact) mass is 273 g/mol. The van der Waals surface area contributed by atoms with Crippen molar-refractivity contribution in [1.29, 1.82) is 5.26 Å². The van der Waals surface area contributed by atoms with Gasteiger partial charge in [0.15, 0.2) is 5.78 Å². The molecule has 6 nitrogen and oxygen atoms in total. The average Bonchev–Trinajstić information content (AvgIpc) is 2.40. The van der Waals surface area contributed by atoms with E-state index in [1.807, 2.05) is 0 Å². The fraction of sp³-hybridized carbons (Fsp3) is 0.0769. The molecule has 1 N–H and O–H groups in total. The summed E-state index contributed by atoms with van der Waals surface area (Å²) in [6.45, 7) is 1.19. The van der Waals surface area contributed by atoms with Gasteiger partial charge in [-0.2, -0.15) is 5.26 Å². The number of nitrogens with one attached hydrogen (secondary N) is 1. The second kappa shape index (κ2) is 4.93. The van der Waals surface area contributed by atoms with Crippen molar-refractivity contribution in [2.24, 2.45) is 0 Å². The summed E-state index contributed by atoms with van der Waals surface area (Å²) in [6.07, 6.45) is 1.03. The zero-order chi connectivity index (χ0) is 14.9. The molecule has 20 heavy (non-hydrogen) atoms. The van der Waals surface area contributed by atoms with Gasteiger partial charge in [0, 0.05) is 6.20 Å². The van der Waals surface area contributed by atoms with E-state index >= 15 is 0 Å². The third-order valence-electron chi connectivity index (χ3n) is 2.68. The number of carbonyl (C=O) groups excluding carboxylic acids is 1. The molecular formula is C13H8FN3O3. The molecule has 0 aliphatic rings. The minimum Gasteiger partial charge on any atom is -0.313 e. The minimum absolute atomic E-state index is 0.0114. The Morgan fingerprint density at radius 3 is 2.70 bits per heavy atom. The predicted molar refractivity (Wildman–Crippen MR) is 67.3 cm³/mol. The average molecular weight is 273 g/mol. The minimum atomic E-state index is -0.822. The molecule has 0 spiro atoms. The van der Waals surface area contributed by atoms with Crippen molar-refractivity contribution in [3.05, 3.63) is 62.2 Å². The summed E-state index contributed by atoms with van der Waals surface area (Å²) in [7, 11) is 0. The van der Waals surface area contributed by atoms with Gasteiger partial charge in [0.1, 0.15) is 11.9 Å². The van der Waals surface area contributed by atoms with Gasteiger partial charge in [-0.3, -0.25) is 9.59 Å². The van der Waals surface area contributed by atoms with Crippen molar-refractivity contribution in [3.8, 4) is 11.8 Å². The molecule has 0 saturated carbocycles. The van der Waals surface area contributed by atoms with Crippen molar-refractivity contribution in [1.82, 2.24) is 9.55 Å². The molecule has 0 unspecified atom stereocenters. The summed E-state index contributed by atoms with van der Waals surface area (Å²) in [4.78, 5) is 37.3. The lowest BCUT2D eigenvalue weighted by Gasteiger charge is -2.06. The van der Waals surface area contributed by atoms with E-state index in [1.165, 1.54) is 13.0 Å². The van der Waals surface area contributed by atoms with Crippen LogP contribution in [0.15, 0.2) is 34.0 Å². The first-order chi connectivity index (χ1) is 9.45. The summed E-state index contributed by atoms with van der Waals surface area (Å²) in [5.74, 6) is -1.27. The van der Waals surface area contributed by atoms with Crippen LogP contribution in [0.5, 0.6) is 0 Å². The van der Waals surface area contributed by atoms with Crippen LogP contribution in [-0.2, 0) is 0 Å². The SMILES string of the molecule is CC(=O)c1c[nH]c(=O)n(-c2ccc(F)c(C#N)c2)c1=O. The third kappa shape index (κ3) is 2.14. The van der Waals surface area contributed by atoms with E-state index in [-0.39, 0.29) is 16.8 Å². The smallest absolute Gasteiger partial charge is 0.313 e. The van der Waals surface area contributed by atoms with Crippen molar-refractivity contribution in [2.75, 3.05) is 0 Å². The first-order valence-corrected chi connectivity index (χ1v) is 5.51. The van der Waals surface area contributed by atoms with Crippen molar-refractivity contribution >= 4 is 5.78 Å². The van der Waals surface area contributed by atoms with Crippen LogP contribution in [0, 0.1) is 17.1 Å². The van der Waals surface area contributed by atoms with E-state index in [4.69, 9.17) is 5.26 Å². The van der Waals surface area contributed by atoms with E-state index < -0.39 is 22.8 Å². The summed E-state index contributed by atoms with van der Waals surface area (Å²) in [5, 5.41) is 8.75. The maximum Gasteiger partial charge on any atom is 0.333 e. The molecule has 0 saturated heterocycles. The number of nitrogens with zero attached hydrogens (tertiary/aromatic N) is 2. The lowest BCUT2D eigenvalue weighted by molar-refractivity contribution is 0.101. The standard InChI is InChI=1S/C13H8FN3O3/c1-7(18)10-6-16-13(20)17(12(10)19)9-2-3-11(14)8(4-9)5-15/h2-4,6H,1H3,(H,16,20). The van der Waals surface area contributed by atoms with Gasteiger partial charge in [-0.15, -0.1) is 0 Å². The Morgan fingerprint density at radius 2 is 2.10 bits per heavy atom. The Labute approximate surface area is 111 Å². The highest BCUT2D eigenvalue weighted by atomic mass is 19.1. The summed E-state index contributed by atoms with van der Waals surface area (Å²) in [6, 6.07) is 4.83. The number of aromatic nitrogens is 2. The van der Waals surface area contributed by atoms with E-state index in [0.717, 1.165) is 18.3 Å². The zero-order valence-electron chi connectivity index (χ0n) is 10.3. The number of benzene rings is 1. The Bertz CT molecular complexity index is 858. The number of rotatable bonds is 2. The number of hydrogen-bond donors (Lipinski definition) is 1. The summed E-state index contributed by atoms with van der Waals surface area (Å²) >= 11 is 0. The van der Waals surface area contributed by atoms with Gasteiger partial charge in [-0.25, -0.2) is 13.8 Å². The molecule has 0 aliphatic carbocycles. The normalized spacial score (nSPS) is 10.1. The molecule has 7 heteroatoms. The highest BCUT2D eigenvalue weighted by Gasteiger charge is 2.13. The van der Waals surface area contributed by atoms with Gasteiger partial charge in [0.25, 0.3) is 5.56 Å². The van der Waals surface area contributed by atoms with Crippen molar-refractivity contribution < 1.29 is 9.18 Å². The van der Waals surface area contributed by atoms with Gasteiger partial charge < -0.3 is 4.98 Å². The van der Waals surface area contributed by atoms with Crippen LogP contribution < -0.4 is 11.2 Å². The van der Waals surface area contributed by atoms with Crippen molar-refractivity contribution in [3.63, 3.8) is 0 Å². The van der Waals surface area contributed by atoms with Gasteiger partial charge in [-0.05, 0) is 25.1 Å². The molecule has 1 heterocycles. The lowest BCUT2D eigenvalue weighted by atomic mass is 10.2. The predicted octanol–water partition coefficient (Wildman–Crippen LogP) is 0.739. The number of aromatic amines is 1. The van der Waals surface area contributed by atoms with Gasteiger partial charge in [0.05, 0.1) is 16.8 Å². The molecule has 1 aromatic carbocycles. The molecule has 0 aliphatic heterocycles. The molecule has 1 aromatic heterocycles. The molecule has 0 amide bonds. The quantitative estimate of drug-likeness (QED) is 0.816. The molecular weight excluding hydrogens is 265 g/mol. The number of nitriles is 1. The highest BCUT2D eigenvalue weighted by molar-refractivity contribution is 5.93. The molecule has 2 rings (SSSR count). The third-order valence-corrected chi connectivity index (χ3v) is 2.68. The van der Waals surface area contributed by atoms with Crippen LogP contribution in [0.3, 0.4) is 0 Å². The Hall–Kier alpha value is -3.01. The van der Waals surface area contributed by atoms with Crippen LogP contribution >= 0.6 is 0 Å². The number of carbonyl (C=O) groups is 1. The van der Waals surface area contributed by atoms with Crippen LogP contribution in [0.4, 0.5) is 4.39 Å². The number of hydrogen-bond acceptors (Lipinski definition) is 4. The molecule has 0 atom stereocenters. The fourth-order valence-electron chi connectivity index (χ4n) is 1.70. The van der Waals surface area contributed by atoms with E-state index in [9.17, 15) is 18.8 Å². The fourth-order valence-corrected chi connectivity index (χ4v) is 1.70. The number of ketones is 1. The van der Waals surface area contributed by atoms with E-state index in [0.29, 0.717) is 4.57 Å². The molecule has 0 fully saturated rings. The van der Waals surface area contributed by atoms with Crippen molar-refractivity contribution in [2.45, 2.75) is 6.92 Å². The van der Waals surface area contributed by atoms with E-state index in [2.05, 4.69) is 4.98 Å². The lowest BCUT2D eigenvalue weighted by Crippen LogP contribution is -2.36. The van der Waals surface area contributed by atoms with Crippen LogP contribution in [-0.4, -0.2) is 15.3 Å². The largest absolute Gasteiger partial charge is 0.333 e. The van der Waals surface area contributed by atoms with Gasteiger partial charge in [-0.1, -0.05) is 0 Å². The topological polar surface area (TPSA) is 95.7 Å². The zero-order valence-corrected chi connectivity index (χ0v) is 10.3. The Balaban J connectivity index is 2.80. The maximum atomic E-state index is 13.2.